The van der Waals surface area contributed by atoms with Gasteiger partial charge in [-0.2, -0.15) is 13.2 Å². The number of nitrogens with two attached hydrogens (primary N) is 1. The Hall–Kier alpha value is -2.06. The molecule has 0 aliphatic rings. The monoisotopic (exact) mass is 419 g/mol. The van der Waals surface area contributed by atoms with Crippen LogP contribution in [0.5, 0.6) is 11.5 Å². The molecule has 0 heterocycles. The summed E-state index contributed by atoms with van der Waals surface area (Å²) in [5.74, 6) is -0.0681. The highest BCUT2D eigenvalue weighted by molar-refractivity contribution is 7.99. The summed E-state index contributed by atoms with van der Waals surface area (Å²) in [5.41, 5.74) is 6.01. The molecule has 0 amide bonds. The topological polar surface area (TPSA) is 61.5 Å². The number of alkyl halides is 3. The van der Waals surface area contributed by atoms with Gasteiger partial charge in [0.25, 0.3) is 0 Å². The minimum absolute atomic E-state index is 0.0589. The predicted octanol–water partition coefficient (Wildman–Crippen LogP) is 5.70. The summed E-state index contributed by atoms with van der Waals surface area (Å²) in [6, 6.07) is 7.45. The summed E-state index contributed by atoms with van der Waals surface area (Å²) in [7, 11) is 0. The van der Waals surface area contributed by atoms with Crippen LogP contribution in [-0.2, 0) is 15.7 Å². The van der Waals surface area contributed by atoms with Gasteiger partial charge in [0.15, 0.2) is 0 Å². The maximum absolute atomic E-state index is 12.7. The quantitative estimate of drug-likeness (QED) is 0.480. The van der Waals surface area contributed by atoms with Crippen LogP contribution in [0.15, 0.2) is 36.4 Å². The highest BCUT2D eigenvalue weighted by atomic mass is 35.5. The van der Waals surface area contributed by atoms with Gasteiger partial charge in [-0.15, -0.1) is 11.8 Å². The molecular weight excluding hydrogens is 403 g/mol. The van der Waals surface area contributed by atoms with Crippen molar-refractivity contribution in [3.63, 3.8) is 0 Å². The zero-order chi connectivity index (χ0) is 20.2. The number of benzene rings is 2. The number of ether oxygens (including phenoxy) is 2. The first-order valence-corrected chi connectivity index (χ1v) is 9.47. The molecule has 2 aromatic carbocycles. The van der Waals surface area contributed by atoms with Gasteiger partial charge in [-0.1, -0.05) is 17.7 Å². The molecule has 2 N–H and O–H groups in total. The van der Waals surface area contributed by atoms with Crippen molar-refractivity contribution < 1.29 is 27.4 Å². The number of nitrogen functional groups attached to an aromatic ring is 1. The second-order valence-electron chi connectivity index (χ2n) is 5.40. The van der Waals surface area contributed by atoms with Crippen molar-refractivity contribution in [2.45, 2.75) is 18.3 Å². The standard InChI is InChI=1S/C18H17ClF3NO3S/c1-3-25-17(24)16(27-2)12-6-5-11(9-14(12)23)26-15-7-4-10(8-13(15)19)18(20,21)22/h4-9,16H,3,23H2,1-2H3. The van der Waals surface area contributed by atoms with Crippen molar-refractivity contribution >= 4 is 35.0 Å². The van der Waals surface area contributed by atoms with Crippen LogP contribution in [0.25, 0.3) is 0 Å². The average Bonchev–Trinajstić information content (AvgIpc) is 2.58. The third kappa shape index (κ3) is 5.23. The lowest BCUT2D eigenvalue weighted by atomic mass is 10.1. The minimum Gasteiger partial charge on any atom is -0.465 e. The molecule has 0 bridgehead atoms. The summed E-state index contributed by atoms with van der Waals surface area (Å²) >= 11 is 7.16. The van der Waals surface area contributed by atoms with Crippen molar-refractivity contribution in [2.24, 2.45) is 0 Å². The van der Waals surface area contributed by atoms with Crippen LogP contribution in [0.3, 0.4) is 0 Å². The first kappa shape index (κ1) is 21.2. The maximum Gasteiger partial charge on any atom is 0.416 e. The average molecular weight is 420 g/mol. The highest BCUT2D eigenvalue weighted by Crippen LogP contribution is 2.38. The van der Waals surface area contributed by atoms with Crippen molar-refractivity contribution in [1.29, 1.82) is 0 Å². The summed E-state index contributed by atoms with van der Waals surface area (Å²) < 4.78 is 48.7. The largest absolute Gasteiger partial charge is 0.465 e. The smallest absolute Gasteiger partial charge is 0.416 e. The van der Waals surface area contributed by atoms with Crippen LogP contribution in [0.1, 0.15) is 23.3 Å². The summed E-state index contributed by atoms with van der Waals surface area (Å²) in [6.07, 6.45) is -2.73. The van der Waals surface area contributed by atoms with Gasteiger partial charge in [0.05, 0.1) is 17.2 Å². The van der Waals surface area contributed by atoms with Gasteiger partial charge >= 0.3 is 12.1 Å². The molecule has 0 aliphatic heterocycles. The molecule has 0 fully saturated rings. The van der Waals surface area contributed by atoms with Crippen LogP contribution in [0.4, 0.5) is 18.9 Å². The predicted molar refractivity (Wildman–Crippen MR) is 100 cm³/mol. The SMILES string of the molecule is CCOC(=O)C(SC)c1ccc(Oc2ccc(C(F)(F)F)cc2Cl)cc1N. The fourth-order valence-electron chi connectivity index (χ4n) is 2.31. The number of thioether (sulfide) groups is 1. The number of rotatable bonds is 6. The van der Waals surface area contributed by atoms with E-state index in [1.165, 1.54) is 17.8 Å². The lowest BCUT2D eigenvalue weighted by Gasteiger charge is -2.17. The van der Waals surface area contributed by atoms with Crippen molar-refractivity contribution in [3.05, 3.63) is 52.5 Å². The zero-order valence-electron chi connectivity index (χ0n) is 14.5. The van der Waals surface area contributed by atoms with E-state index in [1.54, 1.807) is 25.3 Å². The molecule has 2 rings (SSSR count). The number of anilines is 1. The van der Waals surface area contributed by atoms with Crippen LogP contribution in [0.2, 0.25) is 5.02 Å². The Morgan fingerprint density at radius 3 is 2.48 bits per heavy atom. The molecule has 0 saturated heterocycles. The van der Waals surface area contributed by atoms with Crippen LogP contribution >= 0.6 is 23.4 Å². The van der Waals surface area contributed by atoms with E-state index in [-0.39, 0.29) is 23.1 Å². The normalized spacial score (nSPS) is 12.5. The second-order valence-corrected chi connectivity index (χ2v) is 6.75. The number of hydrogen-bond acceptors (Lipinski definition) is 5. The van der Waals surface area contributed by atoms with Gasteiger partial charge in [-0.25, -0.2) is 0 Å². The summed E-state index contributed by atoms with van der Waals surface area (Å²) in [4.78, 5) is 12.0. The number of esters is 1. The molecule has 0 aliphatic carbocycles. The Labute approximate surface area is 163 Å². The van der Waals surface area contributed by atoms with Gasteiger partial charge in [0.2, 0.25) is 0 Å². The Bertz CT molecular complexity index is 830. The molecule has 4 nitrogen and oxygen atoms in total. The van der Waals surface area contributed by atoms with E-state index in [2.05, 4.69) is 0 Å². The number of carbonyl (C=O) groups is 1. The van der Waals surface area contributed by atoms with E-state index in [0.717, 1.165) is 18.2 Å². The fraction of sp³-hybridized carbons (Fsp3) is 0.278. The van der Waals surface area contributed by atoms with Gasteiger partial charge in [0, 0.05) is 11.8 Å². The first-order chi connectivity index (χ1) is 12.7. The number of hydrogen-bond donors (Lipinski definition) is 1. The highest BCUT2D eigenvalue weighted by Gasteiger charge is 2.31. The third-order valence-corrected chi connectivity index (χ3v) is 4.78. The van der Waals surface area contributed by atoms with Gasteiger partial charge in [-0.3, -0.25) is 4.79 Å². The molecule has 0 spiro atoms. The summed E-state index contributed by atoms with van der Waals surface area (Å²) in [6.45, 7) is 1.97. The second kappa shape index (κ2) is 8.75. The van der Waals surface area contributed by atoms with E-state index in [4.69, 9.17) is 26.8 Å². The molecule has 27 heavy (non-hydrogen) atoms. The van der Waals surface area contributed by atoms with E-state index >= 15 is 0 Å². The molecular formula is C18H17ClF3NO3S. The van der Waals surface area contributed by atoms with Crippen molar-refractivity contribution in [3.8, 4) is 11.5 Å². The Balaban J connectivity index is 2.24. The fourth-order valence-corrected chi connectivity index (χ4v) is 3.26. The van der Waals surface area contributed by atoms with Crippen molar-refractivity contribution in [1.82, 2.24) is 0 Å². The Morgan fingerprint density at radius 1 is 1.26 bits per heavy atom. The van der Waals surface area contributed by atoms with Crippen LogP contribution in [-0.4, -0.2) is 18.8 Å². The molecule has 0 radical (unpaired) electrons. The van der Waals surface area contributed by atoms with E-state index < -0.39 is 23.0 Å². The number of halogens is 4. The van der Waals surface area contributed by atoms with E-state index in [9.17, 15) is 18.0 Å². The molecule has 1 unspecified atom stereocenters. The Kier molecular flexibility index (Phi) is 6.89. The maximum atomic E-state index is 12.7. The molecule has 0 aromatic heterocycles. The molecule has 1 atom stereocenters. The zero-order valence-corrected chi connectivity index (χ0v) is 16.0. The lowest BCUT2D eigenvalue weighted by Crippen LogP contribution is -2.14. The van der Waals surface area contributed by atoms with E-state index in [1.807, 2.05) is 0 Å². The van der Waals surface area contributed by atoms with Gasteiger partial charge in [-0.05, 0) is 43.0 Å². The molecule has 2 aromatic rings. The van der Waals surface area contributed by atoms with Gasteiger partial charge < -0.3 is 15.2 Å². The number of carbonyl (C=O) groups excluding carboxylic acids is 1. The molecule has 0 saturated carbocycles. The molecule has 9 heteroatoms. The van der Waals surface area contributed by atoms with Crippen LogP contribution in [0, 0.1) is 0 Å². The third-order valence-electron chi connectivity index (χ3n) is 3.56. The van der Waals surface area contributed by atoms with E-state index in [0.29, 0.717) is 11.3 Å². The van der Waals surface area contributed by atoms with Gasteiger partial charge in [0.1, 0.15) is 16.7 Å². The summed E-state index contributed by atoms with van der Waals surface area (Å²) in [5, 5.41) is -0.769. The Morgan fingerprint density at radius 2 is 1.96 bits per heavy atom. The van der Waals surface area contributed by atoms with Crippen molar-refractivity contribution in [2.75, 3.05) is 18.6 Å². The first-order valence-electron chi connectivity index (χ1n) is 7.80. The molecule has 146 valence electrons. The minimum atomic E-state index is -4.49. The lowest BCUT2D eigenvalue weighted by molar-refractivity contribution is -0.142. The van der Waals surface area contributed by atoms with Crippen LogP contribution < -0.4 is 10.5 Å².